The van der Waals surface area contributed by atoms with E-state index in [4.69, 9.17) is 4.42 Å². The summed E-state index contributed by atoms with van der Waals surface area (Å²) in [4.78, 5) is 6.82. The summed E-state index contributed by atoms with van der Waals surface area (Å²) in [6.07, 6.45) is 5.19. The van der Waals surface area contributed by atoms with E-state index in [2.05, 4.69) is 16.8 Å². The van der Waals surface area contributed by atoms with Crippen LogP contribution in [0.1, 0.15) is 31.6 Å². The minimum atomic E-state index is -3.46. The second-order valence-electron chi connectivity index (χ2n) is 6.49. The van der Waals surface area contributed by atoms with Gasteiger partial charge in [0.05, 0.1) is 12.3 Å². The minimum Gasteiger partial charge on any atom is -0.467 e. The molecule has 1 saturated heterocycles. The molecule has 0 N–H and O–H groups in total. The normalized spacial score (nSPS) is 22.1. The van der Waals surface area contributed by atoms with Gasteiger partial charge in [-0.25, -0.2) is 17.7 Å². The minimum absolute atomic E-state index is 0.132. The topological polar surface area (TPSA) is 66.7 Å². The van der Waals surface area contributed by atoms with Gasteiger partial charge < -0.3 is 9.32 Å². The van der Waals surface area contributed by atoms with E-state index in [0.717, 1.165) is 31.0 Å². The first-order chi connectivity index (χ1) is 11.4. The largest absolute Gasteiger partial charge is 0.467 e. The first kappa shape index (κ1) is 17.0. The van der Waals surface area contributed by atoms with Gasteiger partial charge in [-0.15, -0.1) is 0 Å². The molecule has 7 heteroatoms. The summed E-state index contributed by atoms with van der Waals surface area (Å²) < 4.78 is 31.1. The molecule has 2 aromatic heterocycles. The Labute approximate surface area is 143 Å². The molecule has 0 spiro atoms. The Morgan fingerprint density at radius 1 is 1.29 bits per heavy atom. The predicted octanol–water partition coefficient (Wildman–Crippen LogP) is 2.90. The van der Waals surface area contributed by atoms with Gasteiger partial charge in [0.2, 0.25) is 10.0 Å². The maximum atomic E-state index is 12.2. The number of hydrogen-bond donors (Lipinski definition) is 0. The van der Waals surface area contributed by atoms with Crippen LogP contribution in [0.2, 0.25) is 0 Å². The van der Waals surface area contributed by atoms with E-state index in [0.29, 0.717) is 5.92 Å². The maximum absolute atomic E-state index is 12.2. The number of furan rings is 1. The third-order valence-corrected chi connectivity index (χ3v) is 6.33. The Morgan fingerprint density at radius 3 is 2.67 bits per heavy atom. The van der Waals surface area contributed by atoms with Crippen molar-refractivity contribution in [1.29, 1.82) is 0 Å². The molecule has 2 atom stereocenters. The lowest BCUT2D eigenvalue weighted by Gasteiger charge is -2.38. The Balaban J connectivity index is 1.89. The Morgan fingerprint density at radius 2 is 2.08 bits per heavy atom. The Bertz CT molecular complexity index is 770. The van der Waals surface area contributed by atoms with Crippen molar-refractivity contribution < 1.29 is 12.8 Å². The maximum Gasteiger partial charge on any atom is 0.244 e. The van der Waals surface area contributed by atoms with Gasteiger partial charge >= 0.3 is 0 Å². The van der Waals surface area contributed by atoms with Crippen molar-refractivity contribution in [1.82, 2.24) is 9.29 Å². The van der Waals surface area contributed by atoms with Crippen molar-refractivity contribution in [2.75, 3.05) is 25.5 Å². The number of rotatable bonds is 4. The van der Waals surface area contributed by atoms with Gasteiger partial charge in [0.1, 0.15) is 16.5 Å². The lowest BCUT2D eigenvalue weighted by molar-refractivity contribution is 0.327. The van der Waals surface area contributed by atoms with E-state index in [1.54, 1.807) is 18.4 Å². The number of pyridine rings is 1. The molecule has 24 heavy (non-hydrogen) atoms. The fourth-order valence-electron chi connectivity index (χ4n) is 3.07. The predicted molar refractivity (Wildman–Crippen MR) is 92.3 cm³/mol. The zero-order chi connectivity index (χ0) is 17.3. The van der Waals surface area contributed by atoms with Crippen molar-refractivity contribution in [3.63, 3.8) is 0 Å². The van der Waals surface area contributed by atoms with Crippen molar-refractivity contribution in [3.8, 4) is 0 Å². The highest BCUT2D eigenvalue weighted by molar-refractivity contribution is 7.89. The van der Waals surface area contributed by atoms with Crippen LogP contribution in [-0.4, -0.2) is 38.3 Å². The van der Waals surface area contributed by atoms with E-state index < -0.39 is 10.0 Å². The lowest BCUT2D eigenvalue weighted by atomic mass is 9.91. The standard InChI is InChI=1S/C17H23N3O3S/c1-13-8-9-20(15(11-13)16-5-4-10-23-16)17-7-6-14(12-18-17)24(21,22)19(2)3/h4-7,10,12-13,15H,8-9,11H2,1-3H3/t13-,15-/m1/s1. The zero-order valence-electron chi connectivity index (χ0n) is 14.2. The third kappa shape index (κ3) is 3.18. The van der Waals surface area contributed by atoms with Crippen LogP contribution < -0.4 is 4.90 Å². The molecule has 3 rings (SSSR count). The molecule has 0 aliphatic carbocycles. The second-order valence-corrected chi connectivity index (χ2v) is 8.65. The molecule has 1 fully saturated rings. The summed E-state index contributed by atoms with van der Waals surface area (Å²) in [7, 11) is -0.424. The van der Waals surface area contributed by atoms with Crippen LogP contribution in [-0.2, 0) is 10.0 Å². The second kappa shape index (κ2) is 6.57. The van der Waals surface area contributed by atoms with Gasteiger partial charge in [-0.1, -0.05) is 6.92 Å². The molecule has 0 saturated carbocycles. The average molecular weight is 349 g/mol. The van der Waals surface area contributed by atoms with E-state index in [-0.39, 0.29) is 10.9 Å². The van der Waals surface area contributed by atoms with Crippen molar-refractivity contribution in [3.05, 3.63) is 42.5 Å². The molecule has 0 amide bonds. The molecule has 2 aromatic rings. The number of nitrogens with zero attached hydrogens (tertiary/aromatic N) is 3. The van der Waals surface area contributed by atoms with Crippen LogP contribution in [0.15, 0.2) is 46.0 Å². The highest BCUT2D eigenvalue weighted by atomic mass is 32.2. The SMILES string of the molecule is C[C@@H]1CCN(c2ccc(S(=O)(=O)N(C)C)cn2)[C@@H](c2ccco2)C1. The number of anilines is 1. The first-order valence-electron chi connectivity index (χ1n) is 8.08. The van der Waals surface area contributed by atoms with Crippen LogP contribution in [0.25, 0.3) is 0 Å². The average Bonchev–Trinajstić information content (AvgIpc) is 3.09. The van der Waals surface area contributed by atoms with Gasteiger partial charge in [0, 0.05) is 26.8 Å². The molecule has 3 heterocycles. The monoisotopic (exact) mass is 349 g/mol. The lowest BCUT2D eigenvalue weighted by Crippen LogP contribution is -2.36. The quantitative estimate of drug-likeness (QED) is 0.849. The Hall–Kier alpha value is -1.86. The molecule has 0 bridgehead atoms. The van der Waals surface area contributed by atoms with Crippen LogP contribution in [0.4, 0.5) is 5.82 Å². The van der Waals surface area contributed by atoms with E-state index >= 15 is 0 Å². The fourth-order valence-corrected chi connectivity index (χ4v) is 3.92. The smallest absolute Gasteiger partial charge is 0.244 e. The van der Waals surface area contributed by atoms with E-state index in [1.165, 1.54) is 24.6 Å². The van der Waals surface area contributed by atoms with E-state index in [1.807, 2.05) is 12.1 Å². The summed E-state index contributed by atoms with van der Waals surface area (Å²) in [6.45, 7) is 3.12. The zero-order valence-corrected chi connectivity index (χ0v) is 15.0. The molecule has 1 aliphatic heterocycles. The van der Waals surface area contributed by atoms with E-state index in [9.17, 15) is 8.42 Å². The summed E-state index contributed by atoms with van der Waals surface area (Å²) in [5, 5.41) is 0. The molecule has 130 valence electrons. The van der Waals surface area contributed by atoms with Gasteiger partial charge in [-0.05, 0) is 43.0 Å². The van der Waals surface area contributed by atoms with Crippen molar-refractivity contribution in [2.45, 2.75) is 30.7 Å². The van der Waals surface area contributed by atoms with Gasteiger partial charge in [-0.2, -0.15) is 0 Å². The molecule has 0 unspecified atom stereocenters. The number of piperidine rings is 1. The molecule has 0 radical (unpaired) electrons. The molecular formula is C17H23N3O3S. The van der Waals surface area contributed by atoms with Crippen LogP contribution in [0.3, 0.4) is 0 Å². The summed E-state index contributed by atoms with van der Waals surface area (Å²) in [5.74, 6) is 2.32. The summed E-state index contributed by atoms with van der Waals surface area (Å²) in [5.41, 5.74) is 0. The Kier molecular flexibility index (Phi) is 4.64. The van der Waals surface area contributed by atoms with Crippen molar-refractivity contribution >= 4 is 15.8 Å². The molecule has 1 aliphatic rings. The van der Waals surface area contributed by atoms with Gasteiger partial charge in [0.25, 0.3) is 0 Å². The van der Waals surface area contributed by atoms with Crippen LogP contribution in [0, 0.1) is 5.92 Å². The number of sulfonamides is 1. The van der Waals surface area contributed by atoms with Crippen molar-refractivity contribution in [2.24, 2.45) is 5.92 Å². The first-order valence-corrected chi connectivity index (χ1v) is 9.52. The third-order valence-electron chi connectivity index (χ3n) is 4.53. The van der Waals surface area contributed by atoms with Crippen LogP contribution >= 0.6 is 0 Å². The summed E-state index contributed by atoms with van der Waals surface area (Å²) >= 11 is 0. The number of aromatic nitrogens is 1. The molecule has 0 aromatic carbocycles. The van der Waals surface area contributed by atoms with Gasteiger partial charge in [0.15, 0.2) is 0 Å². The molecule has 6 nitrogen and oxygen atoms in total. The van der Waals surface area contributed by atoms with Gasteiger partial charge in [-0.3, -0.25) is 0 Å². The number of hydrogen-bond acceptors (Lipinski definition) is 5. The highest BCUT2D eigenvalue weighted by Gasteiger charge is 2.30. The fraction of sp³-hybridized carbons (Fsp3) is 0.471. The molecular weight excluding hydrogens is 326 g/mol. The highest BCUT2D eigenvalue weighted by Crippen LogP contribution is 2.37. The summed E-state index contributed by atoms with van der Waals surface area (Å²) in [6, 6.07) is 7.41. The van der Waals surface area contributed by atoms with Crippen LogP contribution in [0.5, 0.6) is 0 Å².